The number of aryl methyl sites for hydroxylation is 1. The van der Waals surface area contributed by atoms with Gasteiger partial charge in [0.1, 0.15) is 5.75 Å². The van der Waals surface area contributed by atoms with Gasteiger partial charge in [0.25, 0.3) is 11.6 Å². The van der Waals surface area contributed by atoms with Gasteiger partial charge in [0.2, 0.25) is 0 Å². The number of anilines is 1. The van der Waals surface area contributed by atoms with Crippen molar-refractivity contribution in [2.45, 2.75) is 13.8 Å². The number of amides is 1. The van der Waals surface area contributed by atoms with E-state index in [2.05, 4.69) is 0 Å². The summed E-state index contributed by atoms with van der Waals surface area (Å²) in [6, 6.07) is 11.4. The summed E-state index contributed by atoms with van der Waals surface area (Å²) in [7, 11) is 0. The Morgan fingerprint density at radius 2 is 2.00 bits per heavy atom. The average Bonchev–Trinajstić information content (AvgIpc) is 2.56. The summed E-state index contributed by atoms with van der Waals surface area (Å²) in [5.41, 5.74) is 1.68. The number of likely N-dealkylation sites (N-methyl/N-ethyl adjacent to an activating group) is 1. The maximum absolute atomic E-state index is 12.4. The minimum atomic E-state index is -0.544. The van der Waals surface area contributed by atoms with E-state index in [0.29, 0.717) is 6.54 Å². The highest BCUT2D eigenvalue weighted by Gasteiger charge is 2.17. The van der Waals surface area contributed by atoms with E-state index in [1.807, 2.05) is 38.1 Å². The highest BCUT2D eigenvalue weighted by atomic mass is 35.5. The standard InChI is InChI=1S/C17H17ClN2O4/c1-3-19(15-7-5-4-6-12(15)2)17(21)11-24-16-9-8-13(20(22)23)10-14(16)18/h4-10H,3,11H2,1-2H3. The second kappa shape index (κ2) is 7.79. The molecular weight excluding hydrogens is 332 g/mol. The molecule has 24 heavy (non-hydrogen) atoms. The van der Waals surface area contributed by atoms with Gasteiger partial charge in [-0.25, -0.2) is 0 Å². The summed E-state index contributed by atoms with van der Waals surface area (Å²) >= 11 is 5.96. The number of non-ortho nitro benzene ring substituents is 1. The number of nitro benzene ring substituents is 1. The third-order valence-electron chi connectivity index (χ3n) is 3.50. The first-order valence-electron chi connectivity index (χ1n) is 7.36. The average molecular weight is 349 g/mol. The molecule has 6 nitrogen and oxygen atoms in total. The third kappa shape index (κ3) is 4.02. The molecular formula is C17H17ClN2O4. The number of benzene rings is 2. The van der Waals surface area contributed by atoms with E-state index in [9.17, 15) is 14.9 Å². The second-order valence-electron chi connectivity index (χ2n) is 5.08. The molecule has 0 saturated heterocycles. The van der Waals surface area contributed by atoms with Gasteiger partial charge in [-0.05, 0) is 31.5 Å². The quantitative estimate of drug-likeness (QED) is 0.584. The topological polar surface area (TPSA) is 72.7 Å². The first kappa shape index (κ1) is 17.7. The van der Waals surface area contributed by atoms with Gasteiger partial charge in [0.15, 0.2) is 6.61 Å². The van der Waals surface area contributed by atoms with E-state index < -0.39 is 4.92 Å². The molecule has 0 heterocycles. The second-order valence-corrected chi connectivity index (χ2v) is 5.49. The molecule has 126 valence electrons. The fourth-order valence-electron chi connectivity index (χ4n) is 2.29. The lowest BCUT2D eigenvalue weighted by molar-refractivity contribution is -0.384. The molecule has 0 unspecified atom stereocenters. The van der Waals surface area contributed by atoms with E-state index in [0.717, 1.165) is 11.3 Å². The molecule has 0 aliphatic heterocycles. The summed E-state index contributed by atoms with van der Waals surface area (Å²) in [6.45, 7) is 4.10. The zero-order valence-electron chi connectivity index (χ0n) is 13.4. The van der Waals surface area contributed by atoms with Crippen LogP contribution >= 0.6 is 11.6 Å². The van der Waals surface area contributed by atoms with Crippen LogP contribution < -0.4 is 9.64 Å². The van der Waals surface area contributed by atoms with Gasteiger partial charge in [-0.1, -0.05) is 29.8 Å². The van der Waals surface area contributed by atoms with Crippen molar-refractivity contribution in [2.24, 2.45) is 0 Å². The van der Waals surface area contributed by atoms with Gasteiger partial charge in [0.05, 0.1) is 9.95 Å². The summed E-state index contributed by atoms with van der Waals surface area (Å²) in [5.74, 6) is 0.0117. The van der Waals surface area contributed by atoms with Crippen molar-refractivity contribution in [3.63, 3.8) is 0 Å². The van der Waals surface area contributed by atoms with Crippen LogP contribution in [0.2, 0.25) is 5.02 Å². The highest BCUT2D eigenvalue weighted by molar-refractivity contribution is 6.32. The fraction of sp³-hybridized carbons (Fsp3) is 0.235. The number of hydrogen-bond donors (Lipinski definition) is 0. The van der Waals surface area contributed by atoms with E-state index in [-0.39, 0.29) is 29.0 Å². The van der Waals surface area contributed by atoms with Gasteiger partial charge < -0.3 is 9.64 Å². The SMILES string of the molecule is CCN(C(=O)COc1ccc([N+](=O)[O-])cc1Cl)c1ccccc1C. The summed E-state index contributed by atoms with van der Waals surface area (Å²) in [6.07, 6.45) is 0. The molecule has 0 aromatic heterocycles. The zero-order valence-corrected chi connectivity index (χ0v) is 14.1. The summed E-state index contributed by atoms with van der Waals surface area (Å²) < 4.78 is 5.43. The maximum atomic E-state index is 12.4. The van der Waals surface area contributed by atoms with E-state index in [4.69, 9.17) is 16.3 Å². The van der Waals surface area contributed by atoms with Gasteiger partial charge in [0, 0.05) is 24.4 Å². The van der Waals surface area contributed by atoms with Crippen molar-refractivity contribution in [1.29, 1.82) is 0 Å². The lowest BCUT2D eigenvalue weighted by Gasteiger charge is -2.23. The zero-order chi connectivity index (χ0) is 17.7. The molecule has 0 atom stereocenters. The number of para-hydroxylation sites is 1. The molecule has 0 N–H and O–H groups in total. The number of carbonyl (C=O) groups excluding carboxylic acids is 1. The van der Waals surface area contributed by atoms with Gasteiger partial charge in [-0.2, -0.15) is 0 Å². The molecule has 0 bridgehead atoms. The minimum Gasteiger partial charge on any atom is -0.482 e. The van der Waals surface area contributed by atoms with Crippen LogP contribution in [0.4, 0.5) is 11.4 Å². The fourth-order valence-corrected chi connectivity index (χ4v) is 2.51. The number of nitro groups is 1. The monoisotopic (exact) mass is 348 g/mol. The first-order valence-corrected chi connectivity index (χ1v) is 7.74. The van der Waals surface area contributed by atoms with Crippen LogP contribution in [0.5, 0.6) is 5.75 Å². The number of ether oxygens (including phenoxy) is 1. The molecule has 7 heteroatoms. The van der Waals surface area contributed by atoms with Crippen molar-refractivity contribution in [3.8, 4) is 5.75 Å². The minimum absolute atomic E-state index is 0.0935. The normalized spacial score (nSPS) is 10.3. The molecule has 0 fully saturated rings. The Kier molecular flexibility index (Phi) is 5.76. The number of rotatable bonds is 6. The molecule has 1 amide bonds. The van der Waals surface area contributed by atoms with E-state index >= 15 is 0 Å². The van der Waals surface area contributed by atoms with E-state index in [1.54, 1.807) is 4.90 Å². The molecule has 2 rings (SSSR count). The van der Waals surface area contributed by atoms with Crippen molar-refractivity contribution in [1.82, 2.24) is 0 Å². The van der Waals surface area contributed by atoms with Gasteiger partial charge in [-0.3, -0.25) is 14.9 Å². The first-order chi connectivity index (χ1) is 11.4. The largest absolute Gasteiger partial charge is 0.482 e. The lowest BCUT2D eigenvalue weighted by atomic mass is 10.2. The maximum Gasteiger partial charge on any atom is 0.271 e. The summed E-state index contributed by atoms with van der Waals surface area (Å²) in [5, 5.41) is 10.8. The van der Waals surface area contributed by atoms with Crippen LogP contribution in [-0.2, 0) is 4.79 Å². The highest BCUT2D eigenvalue weighted by Crippen LogP contribution is 2.29. The van der Waals surface area contributed by atoms with Crippen LogP contribution in [0.3, 0.4) is 0 Å². The molecule has 0 radical (unpaired) electrons. The molecule has 2 aromatic rings. The van der Waals surface area contributed by atoms with Crippen LogP contribution in [0.15, 0.2) is 42.5 Å². The van der Waals surface area contributed by atoms with E-state index in [1.165, 1.54) is 18.2 Å². The summed E-state index contributed by atoms with van der Waals surface area (Å²) in [4.78, 5) is 24.2. The third-order valence-corrected chi connectivity index (χ3v) is 3.80. The Morgan fingerprint density at radius 1 is 1.29 bits per heavy atom. The Bertz CT molecular complexity index is 764. The van der Waals surface area contributed by atoms with Crippen LogP contribution in [0.1, 0.15) is 12.5 Å². The molecule has 2 aromatic carbocycles. The number of halogens is 1. The predicted molar refractivity (Wildman–Crippen MR) is 92.8 cm³/mol. The number of nitrogens with zero attached hydrogens (tertiary/aromatic N) is 2. The smallest absolute Gasteiger partial charge is 0.271 e. The van der Waals surface area contributed by atoms with Gasteiger partial charge >= 0.3 is 0 Å². The Morgan fingerprint density at radius 3 is 2.58 bits per heavy atom. The van der Waals surface area contributed by atoms with Crippen LogP contribution in [0.25, 0.3) is 0 Å². The lowest BCUT2D eigenvalue weighted by Crippen LogP contribution is -2.35. The van der Waals surface area contributed by atoms with Crippen LogP contribution in [0, 0.1) is 17.0 Å². The Labute approximate surface area is 144 Å². The van der Waals surface area contributed by atoms with Gasteiger partial charge in [-0.15, -0.1) is 0 Å². The number of hydrogen-bond acceptors (Lipinski definition) is 4. The molecule has 0 saturated carbocycles. The Balaban J connectivity index is 2.09. The molecule has 0 aliphatic rings. The van der Waals surface area contributed by atoms with Crippen molar-refractivity contribution in [3.05, 3.63) is 63.2 Å². The number of carbonyl (C=O) groups is 1. The molecule has 0 aliphatic carbocycles. The van der Waals surface area contributed by atoms with Crippen LogP contribution in [-0.4, -0.2) is 24.0 Å². The predicted octanol–water partition coefficient (Wildman–Crippen LogP) is 3.99. The Hall–Kier alpha value is -2.60. The van der Waals surface area contributed by atoms with Crippen molar-refractivity contribution >= 4 is 28.9 Å². The van der Waals surface area contributed by atoms with Crippen molar-refractivity contribution in [2.75, 3.05) is 18.1 Å². The molecule has 0 spiro atoms. The van der Waals surface area contributed by atoms with Crippen molar-refractivity contribution < 1.29 is 14.5 Å².